The van der Waals surface area contributed by atoms with Gasteiger partial charge in [0, 0.05) is 12.1 Å². The van der Waals surface area contributed by atoms with E-state index in [2.05, 4.69) is 16.9 Å². The van der Waals surface area contributed by atoms with Crippen molar-refractivity contribution >= 4 is 23.1 Å². The fourth-order valence-corrected chi connectivity index (χ4v) is 2.99. The minimum absolute atomic E-state index is 0.251. The van der Waals surface area contributed by atoms with Gasteiger partial charge in [-0.3, -0.25) is 0 Å². The van der Waals surface area contributed by atoms with Gasteiger partial charge in [0.2, 0.25) is 0 Å². The zero-order valence-corrected chi connectivity index (χ0v) is 12.0. The van der Waals surface area contributed by atoms with Gasteiger partial charge in [-0.1, -0.05) is 11.6 Å². The van der Waals surface area contributed by atoms with Crippen LogP contribution in [0.2, 0.25) is 5.15 Å². The van der Waals surface area contributed by atoms with Gasteiger partial charge in [0.05, 0.1) is 11.1 Å². The first-order chi connectivity index (χ1) is 9.56. The maximum atomic E-state index is 11.1. The van der Waals surface area contributed by atoms with Crippen LogP contribution in [0, 0.1) is 0 Å². The van der Waals surface area contributed by atoms with Crippen molar-refractivity contribution in [2.24, 2.45) is 0 Å². The van der Waals surface area contributed by atoms with Gasteiger partial charge in [0.15, 0.2) is 5.15 Å². The number of piperidine rings is 1. The average Bonchev–Trinajstić information content (AvgIpc) is 2.76. The van der Waals surface area contributed by atoms with Crippen molar-refractivity contribution in [3.63, 3.8) is 0 Å². The highest BCUT2D eigenvalue weighted by atomic mass is 35.5. The maximum Gasteiger partial charge on any atom is 0.337 e. The molecule has 3 rings (SSSR count). The standard InChI is InChI=1S/C14H16ClN3O2/c1-17-6-4-9(5-7-17)13-16-12(15)11-3-2-10(14(19)20)8-18(11)13/h2-3,8-9H,4-7H2,1H3,(H,19,20). The van der Waals surface area contributed by atoms with Crippen LogP contribution in [0.5, 0.6) is 0 Å². The molecule has 0 spiro atoms. The molecule has 0 aliphatic carbocycles. The van der Waals surface area contributed by atoms with E-state index in [4.69, 9.17) is 16.7 Å². The summed E-state index contributed by atoms with van der Waals surface area (Å²) in [5.41, 5.74) is 1.02. The number of likely N-dealkylation sites (tertiary alicyclic amines) is 1. The molecule has 0 radical (unpaired) electrons. The number of aromatic carboxylic acids is 1. The Labute approximate surface area is 121 Å². The van der Waals surface area contributed by atoms with Gasteiger partial charge in [0.1, 0.15) is 5.82 Å². The molecule has 0 aromatic carbocycles. The van der Waals surface area contributed by atoms with E-state index in [0.717, 1.165) is 37.3 Å². The summed E-state index contributed by atoms with van der Waals surface area (Å²) in [6.07, 6.45) is 3.65. The van der Waals surface area contributed by atoms with Gasteiger partial charge in [0.25, 0.3) is 0 Å². The summed E-state index contributed by atoms with van der Waals surface area (Å²) >= 11 is 6.17. The Balaban J connectivity index is 2.05. The third-order valence-electron chi connectivity index (χ3n) is 3.95. The van der Waals surface area contributed by atoms with Gasteiger partial charge in [-0.05, 0) is 45.1 Å². The molecule has 0 amide bonds. The number of hydrogen-bond donors (Lipinski definition) is 1. The van der Waals surface area contributed by atoms with Crippen molar-refractivity contribution in [2.45, 2.75) is 18.8 Å². The first kappa shape index (κ1) is 13.4. The molecule has 1 aliphatic heterocycles. The van der Waals surface area contributed by atoms with Crippen molar-refractivity contribution in [1.82, 2.24) is 14.3 Å². The summed E-state index contributed by atoms with van der Waals surface area (Å²) in [5.74, 6) is 0.266. The molecule has 3 heterocycles. The highest BCUT2D eigenvalue weighted by molar-refractivity contribution is 6.32. The quantitative estimate of drug-likeness (QED) is 0.924. The second-order valence-electron chi connectivity index (χ2n) is 5.32. The number of carbonyl (C=O) groups is 1. The Morgan fingerprint density at radius 3 is 2.75 bits per heavy atom. The lowest BCUT2D eigenvalue weighted by Gasteiger charge is -2.28. The Morgan fingerprint density at radius 2 is 2.10 bits per heavy atom. The second kappa shape index (κ2) is 5.07. The predicted octanol–water partition coefficient (Wildman–Crippen LogP) is 2.50. The molecular formula is C14H16ClN3O2. The molecule has 1 N–H and O–H groups in total. The topological polar surface area (TPSA) is 57.8 Å². The van der Waals surface area contributed by atoms with E-state index in [0.29, 0.717) is 11.1 Å². The third-order valence-corrected chi connectivity index (χ3v) is 4.23. The Morgan fingerprint density at radius 1 is 1.40 bits per heavy atom. The Kier molecular flexibility index (Phi) is 3.40. The molecule has 0 bridgehead atoms. The molecule has 5 nitrogen and oxygen atoms in total. The van der Waals surface area contributed by atoms with E-state index in [1.807, 2.05) is 4.40 Å². The number of rotatable bonds is 2. The predicted molar refractivity (Wildman–Crippen MR) is 76.6 cm³/mol. The van der Waals surface area contributed by atoms with E-state index in [1.165, 1.54) is 0 Å². The Hall–Kier alpha value is -1.59. The van der Waals surface area contributed by atoms with E-state index in [1.54, 1.807) is 18.3 Å². The first-order valence-corrected chi connectivity index (χ1v) is 7.03. The number of halogens is 1. The maximum absolute atomic E-state index is 11.1. The van der Waals surface area contributed by atoms with Gasteiger partial charge >= 0.3 is 5.97 Å². The lowest BCUT2D eigenvalue weighted by Crippen LogP contribution is -2.30. The summed E-state index contributed by atoms with van der Waals surface area (Å²) in [6, 6.07) is 3.28. The summed E-state index contributed by atoms with van der Waals surface area (Å²) in [7, 11) is 2.11. The molecule has 0 unspecified atom stereocenters. The van der Waals surface area contributed by atoms with Crippen LogP contribution >= 0.6 is 11.6 Å². The molecule has 20 heavy (non-hydrogen) atoms. The number of aromatic nitrogens is 2. The highest BCUT2D eigenvalue weighted by Gasteiger charge is 2.24. The number of carboxylic acid groups (broad SMARTS) is 1. The molecule has 6 heteroatoms. The molecule has 106 valence electrons. The molecule has 1 fully saturated rings. The molecule has 0 atom stereocenters. The normalized spacial score (nSPS) is 17.7. The number of hydrogen-bond acceptors (Lipinski definition) is 3. The third kappa shape index (κ3) is 2.27. The number of nitrogens with zero attached hydrogens (tertiary/aromatic N) is 3. The van der Waals surface area contributed by atoms with Crippen LogP contribution in [0.3, 0.4) is 0 Å². The molecule has 0 saturated carbocycles. The number of imidazole rings is 1. The second-order valence-corrected chi connectivity index (χ2v) is 5.67. The highest BCUT2D eigenvalue weighted by Crippen LogP contribution is 2.30. The summed E-state index contributed by atoms with van der Waals surface area (Å²) < 4.78 is 1.84. The van der Waals surface area contributed by atoms with E-state index in [9.17, 15) is 4.79 Å². The molecule has 1 aliphatic rings. The SMILES string of the molecule is CN1CCC(c2nc(Cl)c3ccc(C(=O)O)cn23)CC1. The van der Waals surface area contributed by atoms with Crippen LogP contribution in [0.1, 0.15) is 34.9 Å². The number of pyridine rings is 1. The largest absolute Gasteiger partial charge is 0.478 e. The van der Waals surface area contributed by atoms with Crippen LogP contribution < -0.4 is 0 Å². The van der Waals surface area contributed by atoms with Crippen molar-refractivity contribution in [3.05, 3.63) is 34.9 Å². The lowest BCUT2D eigenvalue weighted by atomic mass is 9.96. The van der Waals surface area contributed by atoms with Crippen LogP contribution in [0.25, 0.3) is 5.52 Å². The fraction of sp³-hybridized carbons (Fsp3) is 0.429. The monoisotopic (exact) mass is 293 g/mol. The zero-order valence-electron chi connectivity index (χ0n) is 11.2. The van der Waals surface area contributed by atoms with E-state index >= 15 is 0 Å². The summed E-state index contributed by atoms with van der Waals surface area (Å²) in [4.78, 5) is 17.9. The fourth-order valence-electron chi connectivity index (χ4n) is 2.75. The van der Waals surface area contributed by atoms with Crippen LogP contribution in [-0.2, 0) is 0 Å². The average molecular weight is 294 g/mol. The van der Waals surface area contributed by atoms with Gasteiger partial charge in [-0.25, -0.2) is 9.78 Å². The Bertz CT molecular complexity index is 660. The van der Waals surface area contributed by atoms with Crippen molar-refractivity contribution < 1.29 is 9.90 Å². The minimum atomic E-state index is -0.939. The van der Waals surface area contributed by atoms with E-state index < -0.39 is 5.97 Å². The lowest BCUT2D eigenvalue weighted by molar-refractivity contribution is 0.0696. The molecular weight excluding hydrogens is 278 g/mol. The van der Waals surface area contributed by atoms with Crippen molar-refractivity contribution in [2.75, 3.05) is 20.1 Å². The zero-order chi connectivity index (χ0) is 14.3. The van der Waals surface area contributed by atoms with Gasteiger partial charge in [-0.2, -0.15) is 0 Å². The number of fused-ring (bicyclic) bond motifs is 1. The van der Waals surface area contributed by atoms with Crippen molar-refractivity contribution in [3.8, 4) is 0 Å². The summed E-state index contributed by atoms with van der Waals surface area (Å²) in [6.45, 7) is 2.05. The van der Waals surface area contributed by atoms with Crippen LogP contribution in [0.4, 0.5) is 0 Å². The van der Waals surface area contributed by atoms with Crippen LogP contribution in [0.15, 0.2) is 18.3 Å². The molecule has 1 saturated heterocycles. The smallest absolute Gasteiger partial charge is 0.337 e. The first-order valence-electron chi connectivity index (χ1n) is 6.65. The van der Waals surface area contributed by atoms with E-state index in [-0.39, 0.29) is 5.56 Å². The molecule has 2 aromatic rings. The summed E-state index contributed by atoms with van der Waals surface area (Å²) in [5, 5.41) is 9.55. The van der Waals surface area contributed by atoms with Gasteiger partial charge < -0.3 is 14.4 Å². The number of carboxylic acids is 1. The van der Waals surface area contributed by atoms with Crippen LogP contribution in [-0.4, -0.2) is 45.5 Å². The molecule has 2 aromatic heterocycles. The van der Waals surface area contributed by atoms with Crippen molar-refractivity contribution in [1.29, 1.82) is 0 Å². The minimum Gasteiger partial charge on any atom is -0.478 e. The van der Waals surface area contributed by atoms with Gasteiger partial charge in [-0.15, -0.1) is 0 Å².